The molecule has 4 bridgehead atoms. The van der Waals surface area contributed by atoms with Crippen molar-refractivity contribution >= 4 is 41.1 Å². The van der Waals surface area contributed by atoms with E-state index in [9.17, 15) is 19.8 Å². The van der Waals surface area contributed by atoms with Crippen molar-refractivity contribution in [2.75, 3.05) is 44.6 Å². The van der Waals surface area contributed by atoms with E-state index in [0.717, 1.165) is 35.1 Å². The number of likely N-dealkylation sites (tertiary alicyclic amines) is 2. The van der Waals surface area contributed by atoms with Gasteiger partial charge in [0.2, 0.25) is 0 Å². The molecular formula is C40H45N5O8+2. The zero-order valence-corrected chi connectivity index (χ0v) is 29.6. The van der Waals surface area contributed by atoms with Gasteiger partial charge < -0.3 is 19.7 Å². The Kier molecular flexibility index (Phi) is 8.30. The fourth-order valence-corrected chi connectivity index (χ4v) is 10.1. The molecule has 0 aromatic heterocycles. The zero-order valence-electron chi connectivity index (χ0n) is 29.6. The number of carbonyl (C=O) groups is 4. The first kappa shape index (κ1) is 34.0. The van der Waals surface area contributed by atoms with E-state index in [-0.39, 0.29) is 49.8 Å². The third-order valence-corrected chi connectivity index (χ3v) is 12.5. The molecule has 2 unspecified atom stereocenters. The summed E-state index contributed by atoms with van der Waals surface area (Å²) in [6, 6.07) is 19.8. The minimum atomic E-state index is -1.15. The van der Waals surface area contributed by atoms with Crippen molar-refractivity contribution in [2.24, 2.45) is 0 Å². The fourth-order valence-electron chi connectivity index (χ4n) is 10.1. The van der Waals surface area contributed by atoms with Gasteiger partial charge in [-0.25, -0.2) is 19.2 Å². The largest absolute Gasteiger partial charge is 0.465 e. The van der Waals surface area contributed by atoms with Crippen LogP contribution in [0, 0.1) is 0 Å². The molecular weight excluding hydrogens is 678 g/mol. The lowest BCUT2D eigenvalue weighted by molar-refractivity contribution is -0.147. The maximum Gasteiger partial charge on any atom is 0.408 e. The highest BCUT2D eigenvalue weighted by Crippen LogP contribution is 2.51. The van der Waals surface area contributed by atoms with Crippen LogP contribution in [-0.4, -0.2) is 95.6 Å². The highest BCUT2D eigenvalue weighted by molar-refractivity contribution is 6.02. The molecule has 8 aliphatic heterocycles. The monoisotopic (exact) mass is 723 g/mol. The average molecular weight is 724 g/mol. The van der Waals surface area contributed by atoms with Crippen molar-refractivity contribution in [1.82, 2.24) is 19.0 Å². The molecule has 13 nitrogen and oxygen atoms in total. The van der Waals surface area contributed by atoms with Gasteiger partial charge in [-0.2, -0.15) is 0 Å². The van der Waals surface area contributed by atoms with E-state index in [1.165, 1.54) is 9.80 Å². The summed E-state index contributed by atoms with van der Waals surface area (Å²) < 4.78 is 11.1. The lowest BCUT2D eigenvalue weighted by Crippen LogP contribution is -2.83. The molecule has 3 aromatic rings. The van der Waals surface area contributed by atoms with Crippen LogP contribution >= 0.6 is 0 Å². The van der Waals surface area contributed by atoms with E-state index < -0.39 is 33.5 Å². The first-order chi connectivity index (χ1) is 25.7. The second-order valence-corrected chi connectivity index (χ2v) is 15.3. The van der Waals surface area contributed by atoms with E-state index in [2.05, 4.69) is 6.07 Å². The molecule has 4 saturated heterocycles. The first-order valence-electron chi connectivity index (χ1n) is 18.9. The van der Waals surface area contributed by atoms with Crippen molar-refractivity contribution in [3.8, 4) is 0 Å². The number of benzene rings is 3. The fraction of sp³-hybridized carbons (Fsp3) is 0.450. The number of quaternary nitrogens is 2. The number of rotatable bonds is 7. The molecule has 0 aliphatic carbocycles. The predicted molar refractivity (Wildman–Crippen MR) is 195 cm³/mol. The summed E-state index contributed by atoms with van der Waals surface area (Å²) in [6.45, 7) is 3.03. The topological polar surface area (TPSA) is 137 Å². The molecule has 8 heterocycles. The van der Waals surface area contributed by atoms with Gasteiger partial charge in [0.15, 0.2) is 29.1 Å². The normalized spacial score (nSPS) is 30.0. The average Bonchev–Trinajstić information content (AvgIpc) is 4.03. The molecule has 53 heavy (non-hydrogen) atoms. The Morgan fingerprint density at radius 1 is 0.642 bits per heavy atom. The highest BCUT2D eigenvalue weighted by atomic mass is 16.5. The molecule has 3 aromatic carbocycles. The SMILES string of the molecule is O=C(O)N1CCC[C@H]1C(=O)[N+]1(N(c2cccc([C@@H]3CCOC3)c2[C@@H]2CCOC2)[N+]2(C(=O)[C@@H]3CCCN3C(=O)O)Cc3ccc2cc3)Cc2ccc1cc2. The molecule has 6 atom stereocenters. The molecule has 276 valence electrons. The smallest absolute Gasteiger partial charge is 0.408 e. The molecule has 2 N–H and O–H groups in total. The Morgan fingerprint density at radius 3 is 1.55 bits per heavy atom. The minimum Gasteiger partial charge on any atom is -0.465 e. The second kappa shape index (κ2) is 12.9. The number of carboxylic acid groups (broad SMARTS) is 2. The highest BCUT2D eigenvalue weighted by Gasteiger charge is 2.67. The summed E-state index contributed by atoms with van der Waals surface area (Å²) in [6.07, 6.45) is 1.06. The van der Waals surface area contributed by atoms with E-state index in [4.69, 9.17) is 9.47 Å². The van der Waals surface area contributed by atoms with Crippen LogP contribution in [-0.2, 0) is 32.2 Å². The number of amides is 4. The summed E-state index contributed by atoms with van der Waals surface area (Å²) >= 11 is 0. The second-order valence-electron chi connectivity index (χ2n) is 15.3. The molecule has 0 spiro atoms. The van der Waals surface area contributed by atoms with Gasteiger partial charge in [0.1, 0.15) is 13.1 Å². The Hall–Kier alpha value is -4.82. The Labute approximate surface area is 307 Å². The minimum absolute atomic E-state index is 0.0463. The van der Waals surface area contributed by atoms with Crippen LogP contribution < -0.4 is 14.3 Å². The molecule has 4 fully saturated rings. The molecule has 13 heteroatoms. The predicted octanol–water partition coefficient (Wildman–Crippen LogP) is 5.71. The number of hydrogen-bond acceptors (Lipinski definition) is 7. The van der Waals surface area contributed by atoms with Crippen LogP contribution in [0.15, 0.2) is 66.7 Å². The van der Waals surface area contributed by atoms with Gasteiger partial charge in [-0.3, -0.25) is 9.80 Å². The van der Waals surface area contributed by atoms with Crippen molar-refractivity contribution in [3.05, 3.63) is 89.0 Å². The zero-order chi connectivity index (χ0) is 36.5. The van der Waals surface area contributed by atoms with Gasteiger partial charge in [0.25, 0.3) is 0 Å². The van der Waals surface area contributed by atoms with Crippen molar-refractivity contribution in [1.29, 1.82) is 0 Å². The third-order valence-electron chi connectivity index (χ3n) is 12.5. The van der Waals surface area contributed by atoms with Gasteiger partial charge in [-0.15, -0.1) is 0 Å². The molecule has 0 radical (unpaired) electrons. The van der Waals surface area contributed by atoms with E-state index >= 15 is 9.59 Å². The van der Waals surface area contributed by atoms with Gasteiger partial charge in [0.05, 0.1) is 13.2 Å². The summed E-state index contributed by atoms with van der Waals surface area (Å²) in [4.78, 5) is 59.8. The summed E-state index contributed by atoms with van der Waals surface area (Å²) in [5.41, 5.74) is 5.77. The van der Waals surface area contributed by atoms with Gasteiger partial charge >= 0.3 is 24.0 Å². The van der Waals surface area contributed by atoms with Crippen LogP contribution in [0.5, 0.6) is 0 Å². The Bertz CT molecular complexity index is 1860. The van der Waals surface area contributed by atoms with E-state index in [1.807, 2.05) is 65.8 Å². The Balaban J connectivity index is 1.37. The van der Waals surface area contributed by atoms with E-state index in [0.29, 0.717) is 69.2 Å². The third kappa shape index (κ3) is 5.12. The number of fused-ring (bicyclic) bond motifs is 6. The van der Waals surface area contributed by atoms with Crippen LogP contribution in [0.25, 0.3) is 0 Å². The van der Waals surface area contributed by atoms with Gasteiger partial charge in [0, 0.05) is 73.5 Å². The number of carbonyl (C=O) groups excluding carboxylic acids is 2. The van der Waals surface area contributed by atoms with Crippen LogP contribution in [0.4, 0.5) is 26.7 Å². The van der Waals surface area contributed by atoms with E-state index in [1.54, 1.807) is 0 Å². The molecule has 11 rings (SSSR count). The Morgan fingerprint density at radius 2 is 1.13 bits per heavy atom. The molecule has 0 saturated carbocycles. The number of anilines is 1. The van der Waals surface area contributed by atoms with Gasteiger partial charge in [-0.05, 0) is 85.1 Å². The lowest BCUT2D eigenvalue weighted by Gasteiger charge is -2.54. The standard InChI is InChI=1S/C40H43N5O8/c46-37(34-6-2-18-41(34)39(48)49)44(22-26-8-12-30(44)13-9-26)43(33-5-1-4-32(28-16-20-52-24-28)36(33)29-17-21-53-25-29)45(23-27-10-14-31(45)15-11-27)38(47)35-7-3-19-42(35)40(50)51/h1,4-5,8-15,28-29,34-35H,2-3,6-7,16-25H2/p+2/t28-,29-,34+,35+,44?,45?/m1/s1. The number of ether oxygens (including phenoxy) is 2. The van der Waals surface area contributed by atoms with Crippen LogP contribution in [0.1, 0.15) is 72.6 Å². The summed E-state index contributed by atoms with van der Waals surface area (Å²) in [5.74, 6) is -0.619. The van der Waals surface area contributed by atoms with Crippen molar-refractivity contribution < 1.29 is 38.9 Å². The number of hydrogen-bond donors (Lipinski definition) is 2. The number of nitrogens with zero attached hydrogens (tertiary/aromatic N) is 5. The lowest BCUT2D eigenvalue weighted by atomic mass is 9.85. The quantitative estimate of drug-likeness (QED) is 0.294. The van der Waals surface area contributed by atoms with Crippen LogP contribution in [0.2, 0.25) is 0 Å². The van der Waals surface area contributed by atoms with Crippen LogP contribution in [0.3, 0.4) is 0 Å². The van der Waals surface area contributed by atoms with Gasteiger partial charge in [-0.1, -0.05) is 21.3 Å². The first-order valence-corrected chi connectivity index (χ1v) is 18.9. The maximum atomic E-state index is 15.9. The molecule has 8 aliphatic rings. The van der Waals surface area contributed by atoms with Crippen molar-refractivity contribution in [2.45, 2.75) is 75.5 Å². The van der Waals surface area contributed by atoms with Crippen molar-refractivity contribution in [3.63, 3.8) is 0 Å². The molecule has 4 amide bonds. The summed E-state index contributed by atoms with van der Waals surface area (Å²) in [7, 11) is 0. The summed E-state index contributed by atoms with van der Waals surface area (Å²) in [5, 5.41) is 22.8. The maximum absolute atomic E-state index is 15.9.